The Morgan fingerprint density at radius 3 is 2.50 bits per heavy atom. The average Bonchev–Trinajstić information content (AvgIpc) is 3.74. The summed E-state index contributed by atoms with van der Waals surface area (Å²) in [4.78, 5) is 24.6. The Morgan fingerprint density at radius 1 is 1.11 bits per heavy atom. The Labute approximate surface area is 208 Å². The summed E-state index contributed by atoms with van der Waals surface area (Å²) in [6.45, 7) is 3.56. The summed E-state index contributed by atoms with van der Waals surface area (Å²) in [6.07, 6.45) is 2.20. The Hall–Kier alpha value is -4.12. The largest absolute Gasteiger partial charge is 0.494 e. The molecule has 2 amide bonds. The van der Waals surface area contributed by atoms with Gasteiger partial charge in [-0.25, -0.2) is 0 Å². The van der Waals surface area contributed by atoms with E-state index in [4.69, 9.17) is 4.74 Å². The molecule has 4 rings (SSSR count). The molecule has 3 aromatic rings. The van der Waals surface area contributed by atoms with E-state index in [1.807, 2.05) is 19.1 Å². The topological polar surface area (TPSA) is 151 Å². The second-order valence-electron chi connectivity index (χ2n) is 8.78. The van der Waals surface area contributed by atoms with Crippen molar-refractivity contribution in [3.8, 4) is 17.0 Å². The van der Waals surface area contributed by atoms with Crippen LogP contribution in [0.2, 0.25) is 0 Å². The summed E-state index contributed by atoms with van der Waals surface area (Å²) in [7, 11) is 3.02. The molecule has 4 N–H and O–H groups in total. The number of nitrogens with zero attached hydrogens (tertiary/aromatic N) is 4. The van der Waals surface area contributed by atoms with Gasteiger partial charge in [0, 0.05) is 24.6 Å². The van der Waals surface area contributed by atoms with Gasteiger partial charge in [0.2, 0.25) is 5.91 Å². The number of benzene rings is 1. The fraction of sp³-hybridized carbons (Fsp3) is 0.360. The Bertz CT molecular complexity index is 1270. The zero-order valence-corrected chi connectivity index (χ0v) is 20.6. The molecule has 1 unspecified atom stereocenters. The van der Waals surface area contributed by atoms with Crippen LogP contribution in [-0.2, 0) is 10.4 Å². The third-order valence-electron chi connectivity index (χ3n) is 6.10. The lowest BCUT2D eigenvalue weighted by Gasteiger charge is -2.20. The van der Waals surface area contributed by atoms with Crippen LogP contribution < -0.4 is 20.7 Å². The molecule has 1 atom stereocenters. The smallest absolute Gasteiger partial charge is 0.273 e. The zero-order valence-electron chi connectivity index (χ0n) is 20.6. The molecule has 11 heteroatoms. The highest BCUT2D eigenvalue weighted by Crippen LogP contribution is 2.38. The van der Waals surface area contributed by atoms with E-state index in [1.165, 1.54) is 14.2 Å². The van der Waals surface area contributed by atoms with Crippen molar-refractivity contribution in [1.29, 1.82) is 0 Å². The van der Waals surface area contributed by atoms with Crippen LogP contribution in [-0.4, -0.2) is 51.5 Å². The van der Waals surface area contributed by atoms with Crippen LogP contribution >= 0.6 is 0 Å². The van der Waals surface area contributed by atoms with Crippen molar-refractivity contribution in [2.75, 3.05) is 24.8 Å². The Balaban J connectivity index is 1.69. The molecule has 11 nitrogen and oxygen atoms in total. The maximum Gasteiger partial charge on any atom is 0.273 e. The normalized spacial score (nSPS) is 14.5. The van der Waals surface area contributed by atoms with E-state index in [0.717, 1.165) is 12.8 Å². The highest BCUT2D eigenvalue weighted by Gasteiger charge is 2.30. The van der Waals surface area contributed by atoms with Crippen molar-refractivity contribution in [2.45, 2.75) is 38.7 Å². The average molecular weight is 492 g/mol. The highest BCUT2D eigenvalue weighted by atomic mass is 16.5. The van der Waals surface area contributed by atoms with Gasteiger partial charge >= 0.3 is 0 Å². The van der Waals surface area contributed by atoms with Crippen molar-refractivity contribution in [2.24, 2.45) is 5.92 Å². The molecule has 1 aliphatic rings. The van der Waals surface area contributed by atoms with Gasteiger partial charge in [-0.2, -0.15) is 10.2 Å². The van der Waals surface area contributed by atoms with Gasteiger partial charge in [0.05, 0.1) is 29.9 Å². The van der Waals surface area contributed by atoms with E-state index < -0.39 is 11.5 Å². The van der Waals surface area contributed by atoms with Crippen molar-refractivity contribution in [1.82, 2.24) is 25.7 Å². The zero-order chi connectivity index (χ0) is 25.9. The van der Waals surface area contributed by atoms with E-state index in [9.17, 15) is 14.7 Å². The Morgan fingerprint density at radius 2 is 1.89 bits per heavy atom. The molecule has 2 aromatic heterocycles. The lowest BCUT2D eigenvalue weighted by atomic mass is 9.98. The van der Waals surface area contributed by atoms with E-state index in [0.29, 0.717) is 40.5 Å². The highest BCUT2D eigenvalue weighted by molar-refractivity contribution is 6.00. The number of rotatable bonds is 9. The fourth-order valence-electron chi connectivity index (χ4n) is 3.55. The van der Waals surface area contributed by atoms with Crippen LogP contribution in [0.3, 0.4) is 0 Å². The van der Waals surface area contributed by atoms with Crippen LogP contribution in [0.4, 0.5) is 17.2 Å². The van der Waals surface area contributed by atoms with Crippen LogP contribution in [0, 0.1) is 5.92 Å². The number of nitrogens with one attached hydrogen (secondary N) is 3. The van der Waals surface area contributed by atoms with E-state index in [2.05, 4.69) is 36.3 Å². The van der Waals surface area contributed by atoms with Gasteiger partial charge in [-0.15, -0.1) is 10.2 Å². The molecular weight excluding hydrogens is 462 g/mol. The molecular formula is C25H29N7O4. The number of aromatic nitrogens is 4. The summed E-state index contributed by atoms with van der Waals surface area (Å²) >= 11 is 0. The molecule has 0 saturated heterocycles. The first-order chi connectivity index (χ1) is 17.3. The summed E-state index contributed by atoms with van der Waals surface area (Å²) in [5, 5.41) is 35.5. The number of methoxy groups -OCH3 is 1. The molecule has 188 valence electrons. The van der Waals surface area contributed by atoms with Gasteiger partial charge in [-0.3, -0.25) is 9.59 Å². The summed E-state index contributed by atoms with van der Waals surface area (Å²) in [5.41, 5.74) is 1.54. The first-order valence-electron chi connectivity index (χ1n) is 11.7. The molecule has 2 heterocycles. The van der Waals surface area contributed by atoms with Gasteiger partial charge in [-0.05, 0) is 50.5 Å². The van der Waals surface area contributed by atoms with Crippen LogP contribution in [0.5, 0.6) is 5.75 Å². The van der Waals surface area contributed by atoms with Gasteiger partial charge in [0.15, 0.2) is 17.3 Å². The third kappa shape index (κ3) is 5.25. The van der Waals surface area contributed by atoms with Crippen molar-refractivity contribution in [3.05, 3.63) is 47.8 Å². The lowest BCUT2D eigenvalue weighted by Crippen LogP contribution is -2.22. The number of hydrogen-bond donors (Lipinski definition) is 4. The van der Waals surface area contributed by atoms with E-state index in [-0.39, 0.29) is 23.3 Å². The van der Waals surface area contributed by atoms with Crippen molar-refractivity contribution >= 4 is 29.0 Å². The molecule has 0 radical (unpaired) electrons. The van der Waals surface area contributed by atoms with Crippen molar-refractivity contribution < 1.29 is 19.4 Å². The molecule has 0 aliphatic heterocycles. The summed E-state index contributed by atoms with van der Waals surface area (Å²) in [5.74, 6) is 0.134. The first kappa shape index (κ1) is 25.0. The summed E-state index contributed by atoms with van der Waals surface area (Å²) < 4.78 is 5.70. The summed E-state index contributed by atoms with van der Waals surface area (Å²) in [6, 6.07) is 10.5. The second-order valence-corrected chi connectivity index (χ2v) is 8.78. The SMILES string of the molecule is CCC(C)(O)c1ccc(-c2cccc(Nc3cc(NC(=O)C4CC4)nnc3C(=O)NC)c2OC)nn1. The molecule has 1 aromatic carbocycles. The maximum absolute atomic E-state index is 12.4. The molecule has 36 heavy (non-hydrogen) atoms. The quantitative estimate of drug-likeness (QED) is 0.354. The molecule has 1 aliphatic carbocycles. The molecule has 1 fully saturated rings. The van der Waals surface area contributed by atoms with Crippen LogP contribution in [0.25, 0.3) is 11.3 Å². The molecule has 0 bridgehead atoms. The molecule has 0 spiro atoms. The van der Waals surface area contributed by atoms with Gasteiger partial charge < -0.3 is 25.8 Å². The standard InChI is InChI=1S/C25H29N7O4/c1-5-25(2,35)19-12-11-16(29-30-19)15-7-6-8-17(22(15)36-4)27-18-13-20(28-23(33)14-9-10-14)31-32-21(18)24(34)26-3/h6-8,11-14,35H,5,9-10H2,1-4H3,(H,26,34)(H2,27,28,31,33). The minimum atomic E-state index is -1.07. The Kier molecular flexibility index (Phi) is 7.11. The number of ether oxygens (including phenoxy) is 1. The number of para-hydroxylation sites is 1. The number of hydrogen-bond acceptors (Lipinski definition) is 9. The van der Waals surface area contributed by atoms with Gasteiger partial charge in [0.1, 0.15) is 5.60 Å². The third-order valence-corrected chi connectivity index (χ3v) is 6.10. The van der Waals surface area contributed by atoms with Gasteiger partial charge in [0.25, 0.3) is 5.91 Å². The number of carbonyl (C=O) groups excluding carboxylic acids is 2. The maximum atomic E-state index is 12.4. The fourth-order valence-corrected chi connectivity index (χ4v) is 3.55. The second kappa shape index (κ2) is 10.2. The first-order valence-corrected chi connectivity index (χ1v) is 11.7. The number of carbonyl (C=O) groups is 2. The van der Waals surface area contributed by atoms with E-state index in [1.54, 1.807) is 31.2 Å². The van der Waals surface area contributed by atoms with E-state index >= 15 is 0 Å². The number of aliphatic hydroxyl groups is 1. The number of amides is 2. The van der Waals surface area contributed by atoms with Crippen LogP contribution in [0.1, 0.15) is 49.3 Å². The minimum Gasteiger partial charge on any atom is -0.494 e. The predicted octanol–water partition coefficient (Wildman–Crippen LogP) is 3.01. The van der Waals surface area contributed by atoms with Crippen molar-refractivity contribution in [3.63, 3.8) is 0 Å². The lowest BCUT2D eigenvalue weighted by molar-refractivity contribution is -0.117. The predicted molar refractivity (Wildman–Crippen MR) is 134 cm³/mol. The van der Waals surface area contributed by atoms with Crippen LogP contribution in [0.15, 0.2) is 36.4 Å². The van der Waals surface area contributed by atoms with Gasteiger partial charge in [-0.1, -0.05) is 13.0 Å². The molecule has 1 saturated carbocycles. The number of anilines is 3. The monoisotopic (exact) mass is 491 g/mol. The minimum absolute atomic E-state index is 0.00729.